The zero-order valence-corrected chi connectivity index (χ0v) is 15.2. The van der Waals surface area contributed by atoms with Gasteiger partial charge in [0.1, 0.15) is 12.1 Å². The van der Waals surface area contributed by atoms with Crippen LogP contribution >= 0.6 is 0 Å². The fourth-order valence-corrected chi connectivity index (χ4v) is 3.94. The minimum atomic E-state index is 0.731. The zero-order valence-electron chi connectivity index (χ0n) is 15.2. The molecule has 1 aliphatic carbocycles. The number of anilines is 2. The van der Waals surface area contributed by atoms with E-state index in [4.69, 9.17) is 0 Å². The van der Waals surface area contributed by atoms with E-state index in [1.807, 2.05) is 24.4 Å². The predicted octanol–water partition coefficient (Wildman–Crippen LogP) is 1.66. The first kappa shape index (κ1) is 16.2. The Morgan fingerprint density at radius 3 is 2.37 bits per heavy atom. The first-order valence-electron chi connectivity index (χ1n) is 9.55. The van der Waals surface area contributed by atoms with Gasteiger partial charge in [-0.15, -0.1) is 10.2 Å². The molecule has 0 radical (unpaired) electrons. The third-order valence-electron chi connectivity index (χ3n) is 5.38. The van der Waals surface area contributed by atoms with E-state index in [0.29, 0.717) is 0 Å². The number of hydrogen-bond donors (Lipinski definition) is 0. The van der Waals surface area contributed by atoms with E-state index < -0.39 is 0 Å². The van der Waals surface area contributed by atoms with Crippen molar-refractivity contribution in [2.45, 2.75) is 25.7 Å². The van der Waals surface area contributed by atoms with Crippen LogP contribution in [0.2, 0.25) is 0 Å². The number of hydrogen-bond acceptors (Lipinski definition) is 7. The van der Waals surface area contributed by atoms with Gasteiger partial charge in [-0.2, -0.15) is 5.10 Å². The highest BCUT2D eigenvalue weighted by Crippen LogP contribution is 2.28. The van der Waals surface area contributed by atoms with Crippen LogP contribution in [0.4, 0.5) is 11.6 Å². The van der Waals surface area contributed by atoms with Crippen molar-refractivity contribution in [3.8, 4) is 5.82 Å². The van der Waals surface area contributed by atoms with Gasteiger partial charge in [0.25, 0.3) is 0 Å². The van der Waals surface area contributed by atoms with Crippen molar-refractivity contribution < 1.29 is 0 Å². The van der Waals surface area contributed by atoms with Crippen molar-refractivity contribution in [3.05, 3.63) is 48.2 Å². The molecular formula is C19H22N8. The summed E-state index contributed by atoms with van der Waals surface area (Å²) >= 11 is 0. The number of piperazine rings is 1. The standard InChI is InChI=1S/C19H22N8/c1-2-5-16-15(4-1)19(21-14-20-16)26-12-10-25(11-13-26)17-6-7-18(24-23-17)27-9-3-8-22-27/h3,6-9,14H,1-2,4-5,10-13H2. The average molecular weight is 362 g/mol. The second-order valence-corrected chi connectivity index (χ2v) is 7.00. The van der Waals surface area contributed by atoms with Gasteiger partial charge >= 0.3 is 0 Å². The van der Waals surface area contributed by atoms with Gasteiger partial charge in [-0.1, -0.05) is 0 Å². The lowest BCUT2D eigenvalue weighted by molar-refractivity contribution is 0.617. The topological polar surface area (TPSA) is 75.9 Å². The molecular weight excluding hydrogens is 340 g/mol. The Morgan fingerprint density at radius 2 is 1.59 bits per heavy atom. The van der Waals surface area contributed by atoms with Gasteiger partial charge in [-0.25, -0.2) is 14.6 Å². The third-order valence-corrected chi connectivity index (χ3v) is 5.38. The van der Waals surface area contributed by atoms with Crippen LogP contribution in [0.5, 0.6) is 0 Å². The molecule has 4 heterocycles. The largest absolute Gasteiger partial charge is 0.353 e. The molecule has 0 saturated carbocycles. The SMILES string of the molecule is c1cnn(-c2ccc(N3CCN(c4ncnc5c4CCCC5)CC3)nn2)c1. The number of aromatic nitrogens is 6. The molecule has 138 valence electrons. The van der Waals surface area contributed by atoms with Crippen molar-refractivity contribution >= 4 is 11.6 Å². The Hall–Kier alpha value is -3.03. The molecule has 0 amide bonds. The summed E-state index contributed by atoms with van der Waals surface area (Å²) in [4.78, 5) is 13.8. The molecule has 2 aliphatic rings. The van der Waals surface area contributed by atoms with Crippen molar-refractivity contribution in [1.29, 1.82) is 0 Å². The Bertz CT molecular complexity index is 898. The highest BCUT2D eigenvalue weighted by molar-refractivity contribution is 5.51. The second kappa shape index (κ2) is 6.94. The molecule has 0 aromatic carbocycles. The van der Waals surface area contributed by atoms with Gasteiger partial charge in [0.15, 0.2) is 11.6 Å². The molecule has 0 bridgehead atoms. The summed E-state index contributed by atoms with van der Waals surface area (Å²) in [6.07, 6.45) is 10.0. The number of rotatable bonds is 3. The molecule has 3 aromatic heterocycles. The van der Waals surface area contributed by atoms with E-state index >= 15 is 0 Å². The summed E-state index contributed by atoms with van der Waals surface area (Å²) in [5, 5.41) is 12.9. The molecule has 8 heteroatoms. The van der Waals surface area contributed by atoms with Crippen molar-refractivity contribution in [2.75, 3.05) is 36.0 Å². The summed E-state index contributed by atoms with van der Waals surface area (Å²) in [5.74, 6) is 2.78. The van der Waals surface area contributed by atoms with Crippen molar-refractivity contribution in [1.82, 2.24) is 29.9 Å². The quantitative estimate of drug-likeness (QED) is 0.701. The normalized spacial score (nSPS) is 17.0. The fourth-order valence-electron chi connectivity index (χ4n) is 3.94. The molecule has 0 N–H and O–H groups in total. The van der Waals surface area contributed by atoms with Gasteiger partial charge in [0.2, 0.25) is 0 Å². The van der Waals surface area contributed by atoms with Crippen LogP contribution in [0.25, 0.3) is 5.82 Å². The van der Waals surface area contributed by atoms with Gasteiger partial charge < -0.3 is 9.80 Å². The maximum atomic E-state index is 4.61. The highest BCUT2D eigenvalue weighted by atomic mass is 15.4. The number of nitrogens with zero attached hydrogens (tertiary/aromatic N) is 8. The van der Waals surface area contributed by atoms with Gasteiger partial charge in [-0.3, -0.25) is 0 Å². The highest BCUT2D eigenvalue weighted by Gasteiger charge is 2.24. The first-order chi connectivity index (χ1) is 13.4. The maximum absolute atomic E-state index is 4.61. The fraction of sp³-hybridized carbons (Fsp3) is 0.421. The van der Waals surface area contributed by atoms with Crippen molar-refractivity contribution in [3.63, 3.8) is 0 Å². The average Bonchev–Trinajstić information content (AvgIpc) is 3.29. The Kier molecular flexibility index (Phi) is 4.16. The Balaban J connectivity index is 1.28. The molecule has 8 nitrogen and oxygen atoms in total. The van der Waals surface area contributed by atoms with E-state index in [0.717, 1.165) is 56.5 Å². The molecule has 27 heavy (non-hydrogen) atoms. The third kappa shape index (κ3) is 3.11. The van der Waals surface area contributed by atoms with Crippen LogP contribution in [-0.2, 0) is 12.8 Å². The lowest BCUT2D eigenvalue weighted by Crippen LogP contribution is -2.47. The molecule has 5 rings (SSSR count). The van der Waals surface area contributed by atoms with Crippen LogP contribution in [0.1, 0.15) is 24.1 Å². The summed E-state index contributed by atoms with van der Waals surface area (Å²) in [7, 11) is 0. The minimum absolute atomic E-state index is 0.731. The van der Waals surface area contributed by atoms with Crippen LogP contribution in [-0.4, -0.2) is 56.1 Å². The first-order valence-corrected chi connectivity index (χ1v) is 9.55. The molecule has 1 aliphatic heterocycles. The van der Waals surface area contributed by atoms with E-state index in [1.54, 1.807) is 17.2 Å². The van der Waals surface area contributed by atoms with E-state index in [1.165, 1.54) is 24.1 Å². The number of aryl methyl sites for hydroxylation is 1. The van der Waals surface area contributed by atoms with Crippen LogP contribution in [0.15, 0.2) is 36.9 Å². The van der Waals surface area contributed by atoms with Gasteiger partial charge in [0, 0.05) is 49.8 Å². The molecule has 1 fully saturated rings. The smallest absolute Gasteiger partial charge is 0.175 e. The molecule has 0 atom stereocenters. The summed E-state index contributed by atoms with van der Waals surface area (Å²) < 4.78 is 1.72. The molecule has 3 aromatic rings. The summed E-state index contributed by atoms with van der Waals surface area (Å²) in [6, 6.07) is 5.86. The lowest BCUT2D eigenvalue weighted by Gasteiger charge is -2.37. The van der Waals surface area contributed by atoms with E-state index in [2.05, 4.69) is 35.1 Å². The number of fused-ring (bicyclic) bond motifs is 1. The van der Waals surface area contributed by atoms with Crippen LogP contribution < -0.4 is 9.80 Å². The Labute approximate surface area is 157 Å². The predicted molar refractivity (Wildman–Crippen MR) is 102 cm³/mol. The Morgan fingerprint density at radius 1 is 0.815 bits per heavy atom. The molecule has 1 saturated heterocycles. The van der Waals surface area contributed by atoms with Crippen LogP contribution in [0, 0.1) is 0 Å². The van der Waals surface area contributed by atoms with Gasteiger partial charge in [-0.05, 0) is 43.9 Å². The maximum Gasteiger partial charge on any atom is 0.175 e. The molecule has 0 spiro atoms. The summed E-state index contributed by atoms with van der Waals surface area (Å²) in [5.41, 5.74) is 2.61. The minimum Gasteiger partial charge on any atom is -0.353 e. The van der Waals surface area contributed by atoms with Gasteiger partial charge in [0.05, 0.1) is 0 Å². The van der Waals surface area contributed by atoms with Crippen LogP contribution in [0.3, 0.4) is 0 Å². The second-order valence-electron chi connectivity index (χ2n) is 7.00. The van der Waals surface area contributed by atoms with Crippen molar-refractivity contribution in [2.24, 2.45) is 0 Å². The van der Waals surface area contributed by atoms with E-state index in [9.17, 15) is 0 Å². The monoisotopic (exact) mass is 362 g/mol. The summed E-state index contributed by atoms with van der Waals surface area (Å²) in [6.45, 7) is 3.70. The zero-order chi connectivity index (χ0) is 18.1. The van der Waals surface area contributed by atoms with E-state index in [-0.39, 0.29) is 0 Å². The molecule has 0 unspecified atom stereocenters. The lowest BCUT2D eigenvalue weighted by atomic mass is 9.96.